The lowest BCUT2D eigenvalue weighted by molar-refractivity contribution is -0.123. The second kappa shape index (κ2) is 10.6. The first-order chi connectivity index (χ1) is 14.5. The van der Waals surface area contributed by atoms with E-state index >= 15 is 0 Å². The maximum absolute atomic E-state index is 12.9. The molecule has 0 unspecified atom stereocenters. The Morgan fingerprint density at radius 3 is 2.53 bits per heavy atom. The summed E-state index contributed by atoms with van der Waals surface area (Å²) in [6.45, 7) is 3.41. The van der Waals surface area contributed by atoms with Crippen molar-refractivity contribution in [2.45, 2.75) is 43.2 Å². The number of ether oxygens (including phenoxy) is 2. The Balaban J connectivity index is 1.73. The van der Waals surface area contributed by atoms with Gasteiger partial charge in [0.1, 0.15) is 11.8 Å². The Bertz CT molecular complexity index is 910. The van der Waals surface area contributed by atoms with Gasteiger partial charge in [-0.05, 0) is 56.0 Å². The molecule has 0 bridgehead atoms. The molecule has 2 aromatic carbocycles. The van der Waals surface area contributed by atoms with Crippen LogP contribution in [0.15, 0.2) is 59.5 Å². The van der Waals surface area contributed by atoms with Crippen LogP contribution in [-0.2, 0) is 26.0 Å². The molecule has 2 aromatic rings. The Morgan fingerprint density at radius 2 is 1.90 bits per heavy atom. The first kappa shape index (κ1) is 22.3. The molecule has 0 saturated carbocycles. The van der Waals surface area contributed by atoms with Gasteiger partial charge in [-0.15, -0.1) is 0 Å². The van der Waals surface area contributed by atoms with Crippen LogP contribution in [0.25, 0.3) is 0 Å². The van der Waals surface area contributed by atoms with Crippen LogP contribution < -0.4 is 14.8 Å². The molecular weight excluding hydrogens is 404 g/mol. The van der Waals surface area contributed by atoms with Crippen molar-refractivity contribution in [1.29, 1.82) is 0 Å². The normalized spacial score (nSPS) is 17.4. The molecule has 3 rings (SSSR count). The molecule has 162 valence electrons. The van der Waals surface area contributed by atoms with Crippen molar-refractivity contribution in [3.8, 4) is 5.75 Å². The molecule has 2 atom stereocenters. The largest absolute Gasteiger partial charge is 0.494 e. The fraction of sp³-hybridized carbons (Fsp3) is 0.409. The quantitative estimate of drug-likeness (QED) is 0.601. The second-order valence-electron chi connectivity index (χ2n) is 7.15. The van der Waals surface area contributed by atoms with Gasteiger partial charge < -0.3 is 14.8 Å². The number of hydrogen-bond acceptors (Lipinski definition) is 5. The maximum Gasteiger partial charge on any atom is 0.241 e. The Kier molecular flexibility index (Phi) is 7.84. The van der Waals surface area contributed by atoms with E-state index in [4.69, 9.17) is 9.47 Å². The molecule has 1 heterocycles. The van der Waals surface area contributed by atoms with Gasteiger partial charge >= 0.3 is 0 Å². The van der Waals surface area contributed by atoms with Crippen LogP contribution in [-0.4, -0.2) is 46.2 Å². The van der Waals surface area contributed by atoms with E-state index in [0.717, 1.165) is 18.4 Å². The summed E-state index contributed by atoms with van der Waals surface area (Å²) in [7, 11) is -3.89. The molecule has 0 spiro atoms. The Hall–Kier alpha value is -2.42. The highest BCUT2D eigenvalue weighted by Gasteiger charge is 2.27. The highest BCUT2D eigenvalue weighted by atomic mass is 32.2. The summed E-state index contributed by atoms with van der Waals surface area (Å²) < 4.78 is 39.3. The zero-order valence-electron chi connectivity index (χ0n) is 17.0. The second-order valence-corrected chi connectivity index (χ2v) is 8.86. The molecule has 1 saturated heterocycles. The van der Waals surface area contributed by atoms with Crippen molar-refractivity contribution in [3.05, 3.63) is 60.2 Å². The van der Waals surface area contributed by atoms with Crippen molar-refractivity contribution >= 4 is 15.9 Å². The monoisotopic (exact) mass is 432 g/mol. The van der Waals surface area contributed by atoms with Crippen molar-refractivity contribution in [3.63, 3.8) is 0 Å². The van der Waals surface area contributed by atoms with Crippen LogP contribution in [0.1, 0.15) is 25.3 Å². The van der Waals surface area contributed by atoms with Gasteiger partial charge in [0.15, 0.2) is 0 Å². The van der Waals surface area contributed by atoms with E-state index in [9.17, 15) is 13.2 Å². The van der Waals surface area contributed by atoms with Crippen LogP contribution in [0, 0.1) is 0 Å². The van der Waals surface area contributed by atoms with Crippen molar-refractivity contribution < 1.29 is 22.7 Å². The molecule has 30 heavy (non-hydrogen) atoms. The number of amides is 1. The smallest absolute Gasteiger partial charge is 0.241 e. The van der Waals surface area contributed by atoms with Crippen LogP contribution >= 0.6 is 0 Å². The van der Waals surface area contributed by atoms with Gasteiger partial charge in [0.2, 0.25) is 15.9 Å². The number of sulfonamides is 1. The minimum atomic E-state index is -3.89. The van der Waals surface area contributed by atoms with E-state index in [0.29, 0.717) is 25.5 Å². The van der Waals surface area contributed by atoms with Crippen molar-refractivity contribution in [2.75, 3.05) is 19.8 Å². The predicted molar refractivity (Wildman–Crippen MR) is 114 cm³/mol. The first-order valence-corrected chi connectivity index (χ1v) is 11.6. The summed E-state index contributed by atoms with van der Waals surface area (Å²) in [5, 5.41) is 2.83. The highest BCUT2D eigenvalue weighted by Crippen LogP contribution is 2.17. The topological polar surface area (TPSA) is 93.7 Å². The molecule has 1 fully saturated rings. The third kappa shape index (κ3) is 6.29. The van der Waals surface area contributed by atoms with Gasteiger partial charge in [0.05, 0.1) is 17.6 Å². The van der Waals surface area contributed by atoms with Gasteiger partial charge in [0, 0.05) is 13.2 Å². The summed E-state index contributed by atoms with van der Waals surface area (Å²) in [5.74, 6) is 0.218. The molecule has 1 aliphatic rings. The summed E-state index contributed by atoms with van der Waals surface area (Å²) in [6, 6.07) is 14.5. The summed E-state index contributed by atoms with van der Waals surface area (Å²) >= 11 is 0. The lowest BCUT2D eigenvalue weighted by Gasteiger charge is -2.20. The molecule has 0 aromatic heterocycles. The number of carbonyl (C=O) groups is 1. The van der Waals surface area contributed by atoms with Gasteiger partial charge in [0.25, 0.3) is 0 Å². The maximum atomic E-state index is 12.9. The summed E-state index contributed by atoms with van der Waals surface area (Å²) in [5.41, 5.74) is 0.865. The lowest BCUT2D eigenvalue weighted by atomic mass is 10.1. The fourth-order valence-corrected chi connectivity index (χ4v) is 4.51. The minimum Gasteiger partial charge on any atom is -0.494 e. The van der Waals surface area contributed by atoms with Crippen LogP contribution in [0.4, 0.5) is 0 Å². The van der Waals surface area contributed by atoms with Crippen LogP contribution in [0.3, 0.4) is 0 Å². The van der Waals surface area contributed by atoms with Gasteiger partial charge in [-0.2, -0.15) is 4.72 Å². The summed E-state index contributed by atoms with van der Waals surface area (Å²) in [4.78, 5) is 12.9. The highest BCUT2D eigenvalue weighted by molar-refractivity contribution is 7.89. The molecule has 2 N–H and O–H groups in total. The average molecular weight is 433 g/mol. The number of benzene rings is 2. The van der Waals surface area contributed by atoms with E-state index < -0.39 is 16.1 Å². The van der Waals surface area contributed by atoms with Crippen molar-refractivity contribution in [1.82, 2.24) is 10.0 Å². The van der Waals surface area contributed by atoms with Gasteiger partial charge in [-0.25, -0.2) is 8.42 Å². The van der Waals surface area contributed by atoms with Crippen molar-refractivity contribution in [2.24, 2.45) is 0 Å². The average Bonchev–Trinajstić information content (AvgIpc) is 3.26. The zero-order chi connectivity index (χ0) is 21.4. The van der Waals surface area contributed by atoms with E-state index in [-0.39, 0.29) is 23.3 Å². The molecule has 7 nitrogen and oxygen atoms in total. The lowest BCUT2D eigenvalue weighted by Crippen LogP contribution is -2.49. The third-order valence-corrected chi connectivity index (χ3v) is 6.36. The van der Waals surface area contributed by atoms with E-state index in [1.807, 2.05) is 37.3 Å². The minimum absolute atomic E-state index is 0.0194. The number of hydrogen-bond donors (Lipinski definition) is 2. The molecule has 0 radical (unpaired) electrons. The zero-order valence-corrected chi connectivity index (χ0v) is 17.9. The summed E-state index contributed by atoms with van der Waals surface area (Å²) in [6.07, 6.45) is 2.09. The molecular formula is C22H28N2O5S. The van der Waals surface area contributed by atoms with E-state index in [1.165, 1.54) is 12.1 Å². The standard InChI is InChI=1S/C22H28N2O5S/c1-2-28-18-10-12-20(13-11-18)30(26,27)24-21(15-17-7-4-3-5-8-17)22(25)23-16-19-9-6-14-29-19/h3-5,7-8,10-13,19,21,24H,2,6,9,14-16H2,1H3,(H,23,25)/t19-,21+/m1/s1. The van der Waals surface area contributed by atoms with Gasteiger partial charge in [-0.1, -0.05) is 30.3 Å². The van der Waals surface area contributed by atoms with Crippen LogP contribution in [0.2, 0.25) is 0 Å². The Morgan fingerprint density at radius 1 is 1.17 bits per heavy atom. The number of rotatable bonds is 10. The molecule has 1 aliphatic heterocycles. The molecule has 0 aliphatic carbocycles. The first-order valence-electron chi connectivity index (χ1n) is 10.2. The predicted octanol–water partition coefficient (Wildman–Crippen LogP) is 2.27. The van der Waals surface area contributed by atoms with E-state index in [2.05, 4.69) is 10.0 Å². The SMILES string of the molecule is CCOc1ccc(S(=O)(=O)N[C@@H](Cc2ccccc2)C(=O)NC[C@H]2CCCO2)cc1. The molecule has 8 heteroatoms. The number of nitrogens with one attached hydrogen (secondary N) is 2. The fourth-order valence-electron chi connectivity index (χ4n) is 3.32. The van der Waals surface area contributed by atoms with Crippen LogP contribution in [0.5, 0.6) is 5.75 Å². The number of carbonyl (C=O) groups excluding carboxylic acids is 1. The van der Waals surface area contributed by atoms with Gasteiger partial charge in [-0.3, -0.25) is 4.79 Å². The Labute approximate surface area is 177 Å². The van der Waals surface area contributed by atoms with E-state index in [1.54, 1.807) is 12.1 Å². The molecule has 1 amide bonds. The third-order valence-electron chi connectivity index (χ3n) is 4.87.